The van der Waals surface area contributed by atoms with Crippen LogP contribution in [0.4, 0.5) is 0 Å². The van der Waals surface area contributed by atoms with E-state index in [-0.39, 0.29) is 0 Å². The summed E-state index contributed by atoms with van der Waals surface area (Å²) in [5, 5.41) is 14.2. The molecule has 0 aromatic rings. The average Bonchev–Trinajstić information content (AvgIpc) is 2.35. The normalized spacial score (nSPS) is 26.7. The minimum absolute atomic E-state index is 0.417. The van der Waals surface area contributed by atoms with E-state index in [0.29, 0.717) is 5.41 Å². The summed E-state index contributed by atoms with van der Waals surface area (Å²) in [5.41, 5.74) is 0.140. The van der Waals surface area contributed by atoms with Crippen molar-refractivity contribution in [3.05, 3.63) is 0 Å². The van der Waals surface area contributed by atoms with Gasteiger partial charge in [0.1, 0.15) is 0 Å². The molecule has 0 radical (unpaired) electrons. The van der Waals surface area contributed by atoms with Gasteiger partial charge in [0.05, 0.1) is 5.60 Å². The second-order valence-corrected chi connectivity index (χ2v) is 6.71. The van der Waals surface area contributed by atoms with Crippen molar-refractivity contribution in [2.45, 2.75) is 57.5 Å². The molecule has 3 nitrogen and oxygen atoms in total. The van der Waals surface area contributed by atoms with E-state index >= 15 is 0 Å². The number of rotatable bonds is 4. The van der Waals surface area contributed by atoms with Crippen molar-refractivity contribution in [3.8, 4) is 0 Å². The van der Waals surface area contributed by atoms with Crippen molar-refractivity contribution < 1.29 is 5.11 Å². The first kappa shape index (κ1) is 14.3. The van der Waals surface area contributed by atoms with Crippen LogP contribution in [0.25, 0.3) is 0 Å². The lowest BCUT2D eigenvalue weighted by Gasteiger charge is -2.47. The predicted molar refractivity (Wildman–Crippen MR) is 75.7 cm³/mol. The Balaban J connectivity index is 1.84. The molecule has 0 unspecified atom stereocenters. The van der Waals surface area contributed by atoms with Crippen molar-refractivity contribution in [2.24, 2.45) is 5.41 Å². The van der Waals surface area contributed by atoms with Gasteiger partial charge in [0.25, 0.3) is 0 Å². The number of hydrogen-bond acceptors (Lipinski definition) is 3. The second-order valence-electron chi connectivity index (χ2n) is 6.71. The average molecular weight is 254 g/mol. The fraction of sp³-hybridized carbons (Fsp3) is 1.00. The maximum absolute atomic E-state index is 10.7. The van der Waals surface area contributed by atoms with Gasteiger partial charge in [0.2, 0.25) is 0 Å². The lowest BCUT2D eigenvalue weighted by molar-refractivity contribution is -0.0586. The number of nitrogens with one attached hydrogen (secondary N) is 1. The van der Waals surface area contributed by atoms with E-state index in [9.17, 15) is 5.11 Å². The Bertz CT molecular complexity index is 251. The van der Waals surface area contributed by atoms with Crippen LogP contribution in [0.3, 0.4) is 0 Å². The largest absolute Gasteiger partial charge is 0.389 e. The molecule has 3 heteroatoms. The highest BCUT2D eigenvalue weighted by Gasteiger charge is 2.42. The molecule has 2 N–H and O–H groups in total. The number of aliphatic hydroxyl groups is 1. The monoisotopic (exact) mass is 254 g/mol. The summed E-state index contributed by atoms with van der Waals surface area (Å²) in [5.74, 6) is 0. The van der Waals surface area contributed by atoms with Crippen LogP contribution in [-0.4, -0.2) is 48.8 Å². The van der Waals surface area contributed by atoms with Crippen molar-refractivity contribution in [2.75, 3.05) is 33.2 Å². The molecule has 0 bridgehead atoms. The van der Waals surface area contributed by atoms with Crippen molar-refractivity contribution >= 4 is 0 Å². The SMILES string of the molecule is CCCN(C)CC1(O)CCC2(CCNCC2)CC1. The zero-order valence-corrected chi connectivity index (χ0v) is 12.2. The highest BCUT2D eigenvalue weighted by atomic mass is 16.3. The molecule has 1 aliphatic heterocycles. The Kier molecular flexibility index (Phi) is 4.68. The molecule has 2 aliphatic rings. The van der Waals surface area contributed by atoms with Crippen LogP contribution in [0.5, 0.6) is 0 Å². The zero-order valence-electron chi connectivity index (χ0n) is 12.2. The van der Waals surface area contributed by atoms with Crippen LogP contribution >= 0.6 is 0 Å². The second kappa shape index (κ2) is 5.89. The van der Waals surface area contributed by atoms with Crippen LogP contribution in [0.2, 0.25) is 0 Å². The first-order valence-electron chi connectivity index (χ1n) is 7.69. The van der Waals surface area contributed by atoms with E-state index in [1.54, 1.807) is 0 Å². The summed E-state index contributed by atoms with van der Waals surface area (Å²) in [6, 6.07) is 0. The van der Waals surface area contributed by atoms with Crippen molar-refractivity contribution in [1.82, 2.24) is 10.2 Å². The molecule has 0 amide bonds. The molecule has 1 aliphatic carbocycles. The van der Waals surface area contributed by atoms with Crippen LogP contribution in [0, 0.1) is 5.41 Å². The van der Waals surface area contributed by atoms with E-state index in [0.717, 1.165) is 25.9 Å². The Morgan fingerprint density at radius 2 is 1.67 bits per heavy atom. The highest BCUT2D eigenvalue weighted by Crippen LogP contribution is 2.46. The van der Waals surface area contributed by atoms with Gasteiger partial charge in [-0.3, -0.25) is 0 Å². The van der Waals surface area contributed by atoms with Gasteiger partial charge in [-0.1, -0.05) is 6.92 Å². The van der Waals surface area contributed by atoms with E-state index in [2.05, 4.69) is 24.2 Å². The Hall–Kier alpha value is -0.120. The predicted octanol–water partition coefficient (Wildman–Crippen LogP) is 2.00. The first-order chi connectivity index (χ1) is 8.58. The number of hydrogen-bond donors (Lipinski definition) is 2. The van der Waals surface area contributed by atoms with Gasteiger partial charge >= 0.3 is 0 Å². The van der Waals surface area contributed by atoms with Crippen LogP contribution < -0.4 is 5.32 Å². The Morgan fingerprint density at radius 1 is 1.06 bits per heavy atom. The Morgan fingerprint density at radius 3 is 2.22 bits per heavy atom. The molecule has 0 aromatic heterocycles. The fourth-order valence-corrected chi connectivity index (χ4v) is 3.82. The number of likely N-dealkylation sites (N-methyl/N-ethyl adjacent to an activating group) is 1. The third-order valence-electron chi connectivity index (χ3n) is 5.08. The molecule has 18 heavy (non-hydrogen) atoms. The van der Waals surface area contributed by atoms with Gasteiger partial charge in [0, 0.05) is 6.54 Å². The summed E-state index contributed by atoms with van der Waals surface area (Å²) in [4.78, 5) is 2.29. The van der Waals surface area contributed by atoms with Gasteiger partial charge in [-0.15, -0.1) is 0 Å². The molecule has 1 spiro atoms. The summed E-state index contributed by atoms with van der Waals surface area (Å²) in [6.45, 7) is 6.50. The van der Waals surface area contributed by atoms with Crippen LogP contribution in [0.15, 0.2) is 0 Å². The van der Waals surface area contributed by atoms with Gasteiger partial charge in [-0.05, 0) is 77.0 Å². The zero-order chi connectivity index (χ0) is 13.1. The molecule has 1 saturated carbocycles. The van der Waals surface area contributed by atoms with Crippen LogP contribution in [0.1, 0.15) is 51.9 Å². The highest BCUT2D eigenvalue weighted by molar-refractivity contribution is 4.96. The summed E-state index contributed by atoms with van der Waals surface area (Å²) in [6.07, 6.45) is 8.25. The third kappa shape index (κ3) is 3.46. The molecule has 2 fully saturated rings. The molecule has 1 heterocycles. The van der Waals surface area contributed by atoms with Gasteiger partial charge in [0.15, 0.2) is 0 Å². The summed E-state index contributed by atoms with van der Waals surface area (Å²) >= 11 is 0. The topological polar surface area (TPSA) is 35.5 Å². The smallest absolute Gasteiger partial charge is 0.0774 e. The maximum atomic E-state index is 10.7. The molecular formula is C15H30N2O. The standard InChI is InChI=1S/C15H30N2O/c1-3-12-17(2)13-15(18)6-4-14(5-7-15)8-10-16-11-9-14/h16,18H,3-13H2,1-2H3. The van der Waals surface area contributed by atoms with Gasteiger partial charge in [-0.2, -0.15) is 0 Å². The van der Waals surface area contributed by atoms with Gasteiger partial charge < -0.3 is 15.3 Å². The lowest BCUT2D eigenvalue weighted by Crippen LogP contribution is -2.49. The molecule has 0 aromatic carbocycles. The van der Waals surface area contributed by atoms with E-state index in [1.165, 1.54) is 45.2 Å². The first-order valence-corrected chi connectivity index (χ1v) is 7.69. The minimum Gasteiger partial charge on any atom is -0.389 e. The van der Waals surface area contributed by atoms with Gasteiger partial charge in [-0.25, -0.2) is 0 Å². The fourth-order valence-electron chi connectivity index (χ4n) is 3.82. The quantitative estimate of drug-likeness (QED) is 0.805. The van der Waals surface area contributed by atoms with E-state index in [1.807, 2.05) is 0 Å². The minimum atomic E-state index is -0.417. The number of piperidine rings is 1. The molecular weight excluding hydrogens is 224 g/mol. The lowest BCUT2D eigenvalue weighted by atomic mass is 9.64. The van der Waals surface area contributed by atoms with E-state index < -0.39 is 5.60 Å². The molecule has 0 atom stereocenters. The molecule has 1 saturated heterocycles. The van der Waals surface area contributed by atoms with Crippen molar-refractivity contribution in [3.63, 3.8) is 0 Å². The third-order valence-corrected chi connectivity index (χ3v) is 5.08. The molecule has 106 valence electrons. The summed E-state index contributed by atoms with van der Waals surface area (Å²) < 4.78 is 0. The van der Waals surface area contributed by atoms with Crippen LogP contribution in [-0.2, 0) is 0 Å². The molecule has 2 rings (SSSR count). The van der Waals surface area contributed by atoms with E-state index in [4.69, 9.17) is 0 Å². The maximum Gasteiger partial charge on any atom is 0.0774 e. The Labute approximate surface area is 112 Å². The summed E-state index contributed by atoms with van der Waals surface area (Å²) in [7, 11) is 2.14. The van der Waals surface area contributed by atoms with Crippen molar-refractivity contribution in [1.29, 1.82) is 0 Å². The number of nitrogens with zero attached hydrogens (tertiary/aromatic N) is 1.